The lowest BCUT2D eigenvalue weighted by molar-refractivity contribution is 0.476. The minimum Gasteiger partial charge on any atom is -0.336 e. The first-order valence-electron chi connectivity index (χ1n) is 7.09. The van der Waals surface area contributed by atoms with E-state index in [9.17, 15) is 0 Å². The minimum atomic E-state index is 0. The molecule has 116 valence electrons. The molecule has 5 nitrogen and oxygen atoms in total. The van der Waals surface area contributed by atoms with Gasteiger partial charge in [0.2, 0.25) is 0 Å². The summed E-state index contributed by atoms with van der Waals surface area (Å²) in [5, 5.41) is 7.74. The van der Waals surface area contributed by atoms with Crippen molar-refractivity contribution < 1.29 is 0 Å². The molecule has 0 amide bonds. The minimum absolute atomic E-state index is 0. The van der Waals surface area contributed by atoms with Crippen LogP contribution < -0.4 is 5.32 Å². The van der Waals surface area contributed by atoms with Gasteiger partial charge in [0.1, 0.15) is 0 Å². The number of hydrogen-bond acceptors (Lipinski definition) is 3. The summed E-state index contributed by atoms with van der Waals surface area (Å²) < 4.78 is 3.94. The lowest BCUT2D eigenvalue weighted by Gasteiger charge is -2.14. The molecule has 1 unspecified atom stereocenters. The van der Waals surface area contributed by atoms with Crippen molar-refractivity contribution in [2.75, 3.05) is 0 Å². The van der Waals surface area contributed by atoms with Crippen LogP contribution in [0.15, 0.2) is 61.4 Å². The highest BCUT2D eigenvalue weighted by Crippen LogP contribution is 2.08. The van der Waals surface area contributed by atoms with Crippen molar-refractivity contribution in [1.82, 2.24) is 24.6 Å². The molecule has 0 spiro atoms. The molecule has 6 heteroatoms. The summed E-state index contributed by atoms with van der Waals surface area (Å²) in [4.78, 5) is 4.05. The molecule has 1 N–H and O–H groups in total. The zero-order chi connectivity index (χ0) is 14.5. The Labute approximate surface area is 136 Å². The van der Waals surface area contributed by atoms with Gasteiger partial charge in [0.25, 0.3) is 0 Å². The Morgan fingerprint density at radius 3 is 2.59 bits per heavy atom. The average molecular weight is 318 g/mol. The van der Waals surface area contributed by atoms with Crippen LogP contribution >= 0.6 is 12.4 Å². The largest absolute Gasteiger partial charge is 0.336 e. The molecule has 2 heterocycles. The zero-order valence-corrected chi connectivity index (χ0v) is 13.3. The second-order valence-electron chi connectivity index (χ2n) is 5.16. The Bertz CT molecular complexity index is 646. The standard InChI is InChI=1S/C16H19N5.ClH/c1-14(12-20-10-8-17-13-20)18-11-15-3-5-16(6-4-15)21-9-2-7-19-21;/h2-10,13-14,18H,11-12H2,1H3;1H. The van der Waals surface area contributed by atoms with Crippen molar-refractivity contribution in [2.45, 2.75) is 26.1 Å². The van der Waals surface area contributed by atoms with E-state index in [1.54, 1.807) is 12.4 Å². The molecular weight excluding hydrogens is 298 g/mol. The summed E-state index contributed by atoms with van der Waals surface area (Å²) in [6.07, 6.45) is 9.36. The number of hydrogen-bond donors (Lipinski definition) is 1. The van der Waals surface area contributed by atoms with Gasteiger partial charge in [-0.2, -0.15) is 5.10 Å². The van der Waals surface area contributed by atoms with Gasteiger partial charge < -0.3 is 9.88 Å². The molecular formula is C16H20ClN5. The fraction of sp³-hybridized carbons (Fsp3) is 0.250. The molecule has 22 heavy (non-hydrogen) atoms. The number of imidazole rings is 1. The van der Waals surface area contributed by atoms with E-state index < -0.39 is 0 Å². The smallest absolute Gasteiger partial charge is 0.0946 e. The fourth-order valence-corrected chi connectivity index (χ4v) is 2.26. The molecule has 3 aromatic rings. The summed E-state index contributed by atoms with van der Waals surface area (Å²) in [5.41, 5.74) is 2.35. The van der Waals surface area contributed by atoms with Crippen LogP contribution in [0, 0.1) is 0 Å². The summed E-state index contributed by atoms with van der Waals surface area (Å²) in [6, 6.07) is 10.8. The molecule has 1 atom stereocenters. The van der Waals surface area contributed by atoms with Crippen molar-refractivity contribution in [2.24, 2.45) is 0 Å². The van der Waals surface area contributed by atoms with E-state index in [1.807, 2.05) is 29.5 Å². The second kappa shape index (κ2) is 7.77. The normalized spacial score (nSPS) is 11.9. The van der Waals surface area contributed by atoms with Gasteiger partial charge in [-0.05, 0) is 30.7 Å². The van der Waals surface area contributed by atoms with Crippen LogP contribution in [0.5, 0.6) is 0 Å². The van der Waals surface area contributed by atoms with Gasteiger partial charge in [-0.1, -0.05) is 12.1 Å². The van der Waals surface area contributed by atoms with Crippen molar-refractivity contribution in [1.29, 1.82) is 0 Å². The van der Waals surface area contributed by atoms with Gasteiger partial charge in [-0.3, -0.25) is 0 Å². The van der Waals surface area contributed by atoms with Gasteiger partial charge in [0.15, 0.2) is 0 Å². The maximum Gasteiger partial charge on any atom is 0.0946 e. The van der Waals surface area contributed by atoms with Crippen LogP contribution in [-0.4, -0.2) is 25.4 Å². The summed E-state index contributed by atoms with van der Waals surface area (Å²) >= 11 is 0. The highest BCUT2D eigenvalue weighted by molar-refractivity contribution is 5.85. The van der Waals surface area contributed by atoms with E-state index in [2.05, 4.69) is 51.2 Å². The highest BCUT2D eigenvalue weighted by atomic mass is 35.5. The number of aromatic nitrogens is 4. The summed E-state index contributed by atoms with van der Waals surface area (Å²) in [6.45, 7) is 3.96. The zero-order valence-electron chi connectivity index (χ0n) is 12.5. The van der Waals surface area contributed by atoms with Crippen LogP contribution in [0.4, 0.5) is 0 Å². The van der Waals surface area contributed by atoms with Gasteiger partial charge in [0, 0.05) is 43.9 Å². The third-order valence-corrected chi connectivity index (χ3v) is 3.40. The van der Waals surface area contributed by atoms with Crippen LogP contribution in [0.3, 0.4) is 0 Å². The average Bonchev–Trinajstić information content (AvgIpc) is 3.19. The number of nitrogens with zero attached hydrogens (tertiary/aromatic N) is 4. The first kappa shape index (κ1) is 16.3. The predicted molar refractivity (Wildman–Crippen MR) is 89.3 cm³/mol. The van der Waals surface area contributed by atoms with Gasteiger partial charge in [-0.25, -0.2) is 9.67 Å². The molecule has 0 radical (unpaired) electrons. The monoisotopic (exact) mass is 317 g/mol. The molecule has 0 aliphatic rings. The maximum atomic E-state index is 4.22. The van der Waals surface area contributed by atoms with Crippen LogP contribution in [0.25, 0.3) is 5.69 Å². The Hall–Kier alpha value is -2.11. The van der Waals surface area contributed by atoms with Crippen molar-refractivity contribution in [3.63, 3.8) is 0 Å². The van der Waals surface area contributed by atoms with Gasteiger partial charge >= 0.3 is 0 Å². The Morgan fingerprint density at radius 1 is 1.14 bits per heavy atom. The van der Waals surface area contributed by atoms with Crippen molar-refractivity contribution >= 4 is 12.4 Å². The van der Waals surface area contributed by atoms with Crippen LogP contribution in [0.2, 0.25) is 0 Å². The predicted octanol–water partition coefficient (Wildman–Crippen LogP) is 2.67. The van der Waals surface area contributed by atoms with Gasteiger partial charge in [0.05, 0.1) is 12.0 Å². The molecule has 3 rings (SSSR count). The topological polar surface area (TPSA) is 47.7 Å². The van der Waals surface area contributed by atoms with E-state index in [1.165, 1.54) is 5.56 Å². The molecule has 0 saturated carbocycles. The van der Waals surface area contributed by atoms with Crippen LogP contribution in [-0.2, 0) is 13.1 Å². The van der Waals surface area contributed by atoms with Gasteiger partial charge in [-0.15, -0.1) is 12.4 Å². The maximum absolute atomic E-state index is 4.22. The van der Waals surface area contributed by atoms with E-state index >= 15 is 0 Å². The first-order valence-corrected chi connectivity index (χ1v) is 7.09. The Balaban J connectivity index is 0.00000176. The third-order valence-electron chi connectivity index (χ3n) is 3.40. The lowest BCUT2D eigenvalue weighted by Crippen LogP contribution is -2.29. The Kier molecular flexibility index (Phi) is 5.75. The SMILES string of the molecule is CC(Cn1ccnc1)NCc1ccc(-n2cccn2)cc1.Cl. The number of halogens is 1. The van der Waals surface area contributed by atoms with E-state index in [0.29, 0.717) is 6.04 Å². The van der Waals surface area contributed by atoms with E-state index in [-0.39, 0.29) is 12.4 Å². The lowest BCUT2D eigenvalue weighted by atomic mass is 10.2. The molecule has 0 bridgehead atoms. The first-order chi connectivity index (χ1) is 10.3. The Morgan fingerprint density at radius 2 is 1.95 bits per heavy atom. The second-order valence-corrected chi connectivity index (χ2v) is 5.16. The third kappa shape index (κ3) is 4.19. The number of benzene rings is 1. The molecule has 0 fully saturated rings. The van der Waals surface area contributed by atoms with Crippen molar-refractivity contribution in [3.8, 4) is 5.69 Å². The molecule has 0 saturated heterocycles. The molecule has 0 aliphatic heterocycles. The highest BCUT2D eigenvalue weighted by Gasteiger charge is 2.03. The quantitative estimate of drug-likeness (QED) is 0.760. The fourth-order valence-electron chi connectivity index (χ4n) is 2.26. The molecule has 1 aromatic carbocycles. The van der Waals surface area contributed by atoms with E-state index in [4.69, 9.17) is 0 Å². The molecule has 2 aromatic heterocycles. The summed E-state index contributed by atoms with van der Waals surface area (Å²) in [7, 11) is 0. The summed E-state index contributed by atoms with van der Waals surface area (Å²) in [5.74, 6) is 0. The number of rotatable bonds is 6. The van der Waals surface area contributed by atoms with Crippen molar-refractivity contribution in [3.05, 3.63) is 67.0 Å². The van der Waals surface area contributed by atoms with E-state index in [0.717, 1.165) is 18.8 Å². The van der Waals surface area contributed by atoms with Crippen LogP contribution in [0.1, 0.15) is 12.5 Å². The molecule has 0 aliphatic carbocycles. The number of nitrogens with one attached hydrogen (secondary N) is 1.